The quantitative estimate of drug-likeness (QED) is 0.764. The maximum absolute atomic E-state index is 13.2. The van der Waals surface area contributed by atoms with E-state index in [1.807, 2.05) is 13.8 Å². The predicted molar refractivity (Wildman–Crippen MR) is 55.5 cm³/mol. The predicted octanol–water partition coefficient (Wildman–Crippen LogP) is 2.83. The molecule has 1 N–H and O–H groups in total. The van der Waals surface area contributed by atoms with E-state index in [0.29, 0.717) is 5.56 Å². The lowest BCUT2D eigenvalue weighted by molar-refractivity contribution is 0.221. The Morgan fingerprint density at radius 2 is 2.07 bits per heavy atom. The molecule has 3 heteroatoms. The first kappa shape index (κ1) is 11.9. The lowest BCUT2D eigenvalue weighted by atomic mass is 10.1. The van der Waals surface area contributed by atoms with Gasteiger partial charge < -0.3 is 5.11 Å². The summed E-state index contributed by atoms with van der Waals surface area (Å²) >= 11 is 0. The summed E-state index contributed by atoms with van der Waals surface area (Å²) in [5, 5.41) is 9.53. The van der Waals surface area contributed by atoms with E-state index >= 15 is 0 Å². The van der Waals surface area contributed by atoms with E-state index in [2.05, 4.69) is 0 Å². The summed E-state index contributed by atoms with van der Waals surface area (Å²) in [7, 11) is 0. The Kier molecular flexibility index (Phi) is 3.97. The number of halogens is 2. The fraction of sp³-hybridized carbons (Fsp3) is 0.333. The van der Waals surface area contributed by atoms with Crippen molar-refractivity contribution in [2.24, 2.45) is 0 Å². The zero-order chi connectivity index (χ0) is 11.4. The van der Waals surface area contributed by atoms with Crippen LogP contribution in [0, 0.1) is 11.6 Å². The standard InChI is InChI=1S/C12H14F2O/c1-8(2)5-11(15)6-9-3-4-10(13)7-12(9)14/h3-5,7,11,15H,6H2,1-2H3. The highest BCUT2D eigenvalue weighted by molar-refractivity contribution is 5.20. The summed E-state index contributed by atoms with van der Waals surface area (Å²) in [5.41, 5.74) is 1.28. The second-order valence-electron chi connectivity index (χ2n) is 3.75. The first-order valence-corrected chi connectivity index (χ1v) is 4.76. The van der Waals surface area contributed by atoms with Crippen LogP contribution in [0.3, 0.4) is 0 Å². The Labute approximate surface area is 88.1 Å². The molecule has 15 heavy (non-hydrogen) atoms. The Bertz CT molecular complexity index is 368. The van der Waals surface area contributed by atoms with E-state index in [0.717, 1.165) is 11.6 Å². The first-order chi connectivity index (χ1) is 6.99. The second-order valence-corrected chi connectivity index (χ2v) is 3.75. The summed E-state index contributed by atoms with van der Waals surface area (Å²) in [6, 6.07) is 3.37. The van der Waals surface area contributed by atoms with Crippen LogP contribution in [0.2, 0.25) is 0 Å². The Morgan fingerprint density at radius 1 is 1.40 bits per heavy atom. The molecule has 0 aromatic heterocycles. The van der Waals surface area contributed by atoms with Gasteiger partial charge in [0.25, 0.3) is 0 Å². The van der Waals surface area contributed by atoms with Crippen LogP contribution in [0.4, 0.5) is 8.78 Å². The number of aliphatic hydroxyl groups is 1. The van der Waals surface area contributed by atoms with Gasteiger partial charge in [-0.2, -0.15) is 0 Å². The molecule has 0 heterocycles. The molecule has 0 aliphatic carbocycles. The fourth-order valence-electron chi connectivity index (χ4n) is 1.36. The zero-order valence-electron chi connectivity index (χ0n) is 8.80. The van der Waals surface area contributed by atoms with Gasteiger partial charge in [-0.15, -0.1) is 0 Å². The maximum atomic E-state index is 13.2. The summed E-state index contributed by atoms with van der Waals surface area (Å²) < 4.78 is 25.8. The van der Waals surface area contributed by atoms with Crippen LogP contribution in [0.1, 0.15) is 19.4 Å². The topological polar surface area (TPSA) is 20.2 Å². The molecule has 1 unspecified atom stereocenters. The third kappa shape index (κ3) is 3.80. The first-order valence-electron chi connectivity index (χ1n) is 4.76. The third-order valence-electron chi connectivity index (χ3n) is 1.97. The van der Waals surface area contributed by atoms with Gasteiger partial charge in [-0.1, -0.05) is 17.7 Å². The lowest BCUT2D eigenvalue weighted by Crippen LogP contribution is -2.08. The van der Waals surface area contributed by atoms with Crippen molar-refractivity contribution in [2.75, 3.05) is 0 Å². The molecule has 1 rings (SSSR count). The summed E-state index contributed by atoms with van der Waals surface area (Å²) in [6.45, 7) is 3.70. The van der Waals surface area contributed by atoms with Crippen molar-refractivity contribution in [1.29, 1.82) is 0 Å². The average Bonchev–Trinajstić information content (AvgIpc) is 2.08. The molecule has 82 valence electrons. The highest BCUT2D eigenvalue weighted by Crippen LogP contribution is 2.12. The molecule has 0 saturated heterocycles. The molecule has 0 bridgehead atoms. The van der Waals surface area contributed by atoms with E-state index in [4.69, 9.17) is 0 Å². The van der Waals surface area contributed by atoms with Crippen LogP contribution in [0.5, 0.6) is 0 Å². The van der Waals surface area contributed by atoms with Crippen molar-refractivity contribution in [3.63, 3.8) is 0 Å². The summed E-state index contributed by atoms with van der Waals surface area (Å²) in [4.78, 5) is 0. The summed E-state index contributed by atoms with van der Waals surface area (Å²) in [5.74, 6) is -1.22. The number of hydrogen-bond acceptors (Lipinski definition) is 1. The molecule has 0 amide bonds. The molecule has 1 aromatic carbocycles. The minimum absolute atomic E-state index is 0.164. The van der Waals surface area contributed by atoms with Crippen LogP contribution < -0.4 is 0 Å². The Hall–Kier alpha value is -1.22. The zero-order valence-corrected chi connectivity index (χ0v) is 8.80. The number of rotatable bonds is 3. The summed E-state index contributed by atoms with van der Waals surface area (Å²) in [6.07, 6.45) is 1.08. The lowest BCUT2D eigenvalue weighted by Gasteiger charge is -2.07. The van der Waals surface area contributed by atoms with Gasteiger partial charge in [-0.05, 0) is 25.5 Å². The van der Waals surface area contributed by atoms with Gasteiger partial charge in [0, 0.05) is 12.5 Å². The molecule has 0 aliphatic rings. The van der Waals surface area contributed by atoms with E-state index in [9.17, 15) is 13.9 Å². The largest absolute Gasteiger partial charge is 0.389 e. The molecule has 0 spiro atoms. The van der Waals surface area contributed by atoms with Gasteiger partial charge in [0.1, 0.15) is 11.6 Å². The molecule has 1 atom stereocenters. The highest BCUT2D eigenvalue weighted by atomic mass is 19.1. The second kappa shape index (κ2) is 5.03. The van der Waals surface area contributed by atoms with Gasteiger partial charge in [-0.25, -0.2) is 8.78 Å². The van der Waals surface area contributed by atoms with Gasteiger partial charge >= 0.3 is 0 Å². The minimum Gasteiger partial charge on any atom is -0.389 e. The molecule has 0 saturated carbocycles. The van der Waals surface area contributed by atoms with Crippen molar-refractivity contribution >= 4 is 0 Å². The van der Waals surface area contributed by atoms with Crippen molar-refractivity contribution in [2.45, 2.75) is 26.4 Å². The van der Waals surface area contributed by atoms with E-state index in [-0.39, 0.29) is 6.42 Å². The number of allylic oxidation sites excluding steroid dienone is 1. The molecule has 1 aromatic rings. The fourth-order valence-corrected chi connectivity index (χ4v) is 1.36. The third-order valence-corrected chi connectivity index (χ3v) is 1.97. The number of aliphatic hydroxyl groups excluding tert-OH is 1. The molecular formula is C12H14F2O. The molecule has 0 radical (unpaired) electrons. The van der Waals surface area contributed by atoms with Crippen LogP contribution in [-0.4, -0.2) is 11.2 Å². The molecule has 0 fully saturated rings. The van der Waals surface area contributed by atoms with Crippen molar-refractivity contribution in [1.82, 2.24) is 0 Å². The van der Waals surface area contributed by atoms with Crippen molar-refractivity contribution < 1.29 is 13.9 Å². The van der Waals surface area contributed by atoms with Crippen LogP contribution in [0.15, 0.2) is 29.8 Å². The van der Waals surface area contributed by atoms with Gasteiger partial charge in [0.2, 0.25) is 0 Å². The van der Waals surface area contributed by atoms with Crippen molar-refractivity contribution in [3.8, 4) is 0 Å². The molecule has 1 nitrogen and oxygen atoms in total. The van der Waals surface area contributed by atoms with Gasteiger partial charge in [0.15, 0.2) is 0 Å². The average molecular weight is 212 g/mol. The van der Waals surface area contributed by atoms with Crippen LogP contribution in [-0.2, 0) is 6.42 Å². The number of hydrogen-bond donors (Lipinski definition) is 1. The van der Waals surface area contributed by atoms with E-state index in [1.54, 1.807) is 6.08 Å². The molecular weight excluding hydrogens is 198 g/mol. The monoisotopic (exact) mass is 212 g/mol. The SMILES string of the molecule is CC(C)=CC(O)Cc1ccc(F)cc1F. The molecule has 0 aliphatic heterocycles. The smallest absolute Gasteiger partial charge is 0.129 e. The van der Waals surface area contributed by atoms with Crippen molar-refractivity contribution in [3.05, 3.63) is 47.0 Å². The maximum Gasteiger partial charge on any atom is 0.129 e. The Morgan fingerprint density at radius 3 is 2.60 bits per heavy atom. The van der Waals surface area contributed by atoms with Gasteiger partial charge in [0.05, 0.1) is 6.10 Å². The number of benzene rings is 1. The normalized spacial score (nSPS) is 12.3. The van der Waals surface area contributed by atoms with E-state index < -0.39 is 17.7 Å². The van der Waals surface area contributed by atoms with Gasteiger partial charge in [-0.3, -0.25) is 0 Å². The highest BCUT2D eigenvalue weighted by Gasteiger charge is 2.08. The Balaban J connectivity index is 2.77. The minimum atomic E-state index is -0.727. The van der Waals surface area contributed by atoms with Crippen LogP contribution >= 0.6 is 0 Å². The van der Waals surface area contributed by atoms with Crippen LogP contribution in [0.25, 0.3) is 0 Å². The van der Waals surface area contributed by atoms with E-state index in [1.165, 1.54) is 12.1 Å².